The zero-order valence-electron chi connectivity index (χ0n) is 12.7. The predicted molar refractivity (Wildman–Crippen MR) is 85.4 cm³/mol. The van der Waals surface area contributed by atoms with Gasteiger partial charge in [-0.25, -0.2) is 9.97 Å². The van der Waals surface area contributed by atoms with E-state index >= 15 is 0 Å². The number of anilines is 1. The fourth-order valence-electron chi connectivity index (χ4n) is 2.77. The third kappa shape index (κ3) is 4.47. The van der Waals surface area contributed by atoms with Crippen molar-refractivity contribution >= 4 is 21.7 Å². The molecule has 1 aliphatic heterocycles. The monoisotopic (exact) mass is 404 g/mol. The predicted octanol–water partition coefficient (Wildman–Crippen LogP) is 3.93. The Bertz CT molecular complexity index is 691. The minimum absolute atomic E-state index is 0.0353. The van der Waals surface area contributed by atoms with Crippen molar-refractivity contribution in [3.05, 3.63) is 40.7 Å². The average molecular weight is 405 g/mol. The van der Waals surface area contributed by atoms with E-state index in [1.807, 2.05) is 12.1 Å². The van der Waals surface area contributed by atoms with Gasteiger partial charge in [-0.3, -0.25) is 4.90 Å². The molecule has 0 aliphatic carbocycles. The number of nitrogens with zero attached hydrogens (tertiary/aromatic N) is 3. The van der Waals surface area contributed by atoms with Crippen molar-refractivity contribution in [3.8, 4) is 0 Å². The smallest absolute Gasteiger partial charge is 0.433 e. The molecule has 130 valence electrons. The molecule has 9 heteroatoms. The van der Waals surface area contributed by atoms with Gasteiger partial charge in [0.25, 0.3) is 0 Å². The number of rotatable bonds is 4. The van der Waals surface area contributed by atoms with Crippen LogP contribution in [-0.2, 0) is 12.7 Å². The van der Waals surface area contributed by atoms with Crippen molar-refractivity contribution in [3.63, 3.8) is 0 Å². The highest BCUT2D eigenvalue weighted by atomic mass is 79.9. The summed E-state index contributed by atoms with van der Waals surface area (Å²) >= 11 is 3.27. The maximum absolute atomic E-state index is 12.7. The molecular formula is C15H16BrF3N4O. The molecule has 1 N–H and O–H groups in total. The second-order valence-electron chi connectivity index (χ2n) is 5.71. The second-order valence-corrected chi connectivity index (χ2v) is 6.49. The second kappa shape index (κ2) is 7.10. The van der Waals surface area contributed by atoms with Gasteiger partial charge in [-0.05, 0) is 47.4 Å². The molecule has 0 radical (unpaired) electrons. The fraction of sp³-hybridized carbons (Fsp3) is 0.467. The zero-order valence-corrected chi connectivity index (χ0v) is 14.3. The van der Waals surface area contributed by atoms with Crippen molar-refractivity contribution in [1.29, 1.82) is 0 Å². The first kappa shape index (κ1) is 17.2. The van der Waals surface area contributed by atoms with Gasteiger partial charge in [0.15, 0.2) is 4.67 Å². The van der Waals surface area contributed by atoms with E-state index < -0.39 is 11.9 Å². The highest BCUT2D eigenvalue weighted by Crippen LogP contribution is 2.28. The van der Waals surface area contributed by atoms with Crippen LogP contribution in [0.3, 0.4) is 0 Å². The van der Waals surface area contributed by atoms with E-state index in [1.54, 1.807) is 0 Å². The Kier molecular flexibility index (Phi) is 5.09. The molecule has 0 bridgehead atoms. The van der Waals surface area contributed by atoms with Crippen LogP contribution in [0.5, 0.6) is 0 Å². The number of hydrogen-bond donors (Lipinski definition) is 1. The number of likely N-dealkylation sites (tertiary alicyclic amines) is 1. The van der Waals surface area contributed by atoms with Gasteiger partial charge in [0, 0.05) is 18.7 Å². The number of alkyl halides is 3. The number of hydrogen-bond acceptors (Lipinski definition) is 5. The first-order valence-electron chi connectivity index (χ1n) is 7.52. The lowest BCUT2D eigenvalue weighted by molar-refractivity contribution is -0.141. The Morgan fingerprint density at radius 2 is 2.17 bits per heavy atom. The summed E-state index contributed by atoms with van der Waals surface area (Å²) in [6.45, 7) is 2.30. The number of piperidine rings is 1. The number of furan rings is 1. The summed E-state index contributed by atoms with van der Waals surface area (Å²) in [5, 5.41) is 3.08. The minimum Gasteiger partial charge on any atom is -0.453 e. The molecule has 2 aromatic rings. The zero-order chi connectivity index (χ0) is 17.2. The SMILES string of the molecule is FC(F)(F)c1cc(NC2CCCN(Cc3ccc(Br)o3)C2)ncn1. The standard InChI is InChI=1S/C15H16BrF3N4O/c16-13-4-3-11(24-13)8-23-5-1-2-10(7-23)22-14-6-12(15(17,18)19)20-9-21-14/h3-4,6,9-10H,1-2,5,7-8H2,(H,20,21,22). The van der Waals surface area contributed by atoms with Crippen molar-refractivity contribution < 1.29 is 17.6 Å². The summed E-state index contributed by atoms with van der Waals surface area (Å²) in [6, 6.07) is 4.73. The van der Waals surface area contributed by atoms with Gasteiger partial charge in [0.2, 0.25) is 0 Å². The van der Waals surface area contributed by atoms with Crippen LogP contribution in [-0.4, -0.2) is 34.0 Å². The molecule has 1 atom stereocenters. The summed E-state index contributed by atoms with van der Waals surface area (Å²) in [5.74, 6) is 1.05. The van der Waals surface area contributed by atoms with E-state index in [2.05, 4.69) is 36.1 Å². The Morgan fingerprint density at radius 1 is 1.33 bits per heavy atom. The first-order chi connectivity index (χ1) is 11.4. The molecule has 3 rings (SSSR count). The molecule has 1 aliphatic rings. The topological polar surface area (TPSA) is 54.2 Å². The van der Waals surface area contributed by atoms with E-state index in [4.69, 9.17) is 4.42 Å². The molecule has 0 saturated carbocycles. The molecule has 1 unspecified atom stereocenters. The van der Waals surface area contributed by atoms with E-state index in [0.29, 0.717) is 17.8 Å². The molecule has 2 aromatic heterocycles. The molecule has 1 fully saturated rings. The lowest BCUT2D eigenvalue weighted by atomic mass is 10.1. The fourth-order valence-corrected chi connectivity index (χ4v) is 3.11. The van der Waals surface area contributed by atoms with Gasteiger partial charge in [-0.1, -0.05) is 0 Å². The Hall–Kier alpha value is -1.61. The number of aromatic nitrogens is 2. The van der Waals surface area contributed by atoms with E-state index in [-0.39, 0.29) is 11.9 Å². The molecule has 0 spiro atoms. The third-order valence-corrected chi connectivity index (χ3v) is 4.25. The van der Waals surface area contributed by atoms with Gasteiger partial charge < -0.3 is 9.73 Å². The molecule has 0 aromatic carbocycles. The average Bonchev–Trinajstić information content (AvgIpc) is 2.92. The molecule has 3 heterocycles. The Morgan fingerprint density at radius 3 is 2.88 bits per heavy atom. The van der Waals surface area contributed by atoms with Crippen LogP contribution in [0, 0.1) is 0 Å². The van der Waals surface area contributed by atoms with Gasteiger partial charge in [-0.15, -0.1) is 0 Å². The van der Waals surface area contributed by atoms with Crippen LogP contribution in [0.15, 0.2) is 33.6 Å². The van der Waals surface area contributed by atoms with Crippen LogP contribution in [0.2, 0.25) is 0 Å². The Balaban J connectivity index is 1.61. The summed E-state index contributed by atoms with van der Waals surface area (Å²) in [4.78, 5) is 9.37. The summed E-state index contributed by atoms with van der Waals surface area (Å²) < 4.78 is 44.3. The van der Waals surface area contributed by atoms with Crippen LogP contribution >= 0.6 is 15.9 Å². The quantitative estimate of drug-likeness (QED) is 0.836. The third-order valence-electron chi connectivity index (χ3n) is 3.82. The highest BCUT2D eigenvalue weighted by molar-refractivity contribution is 9.10. The maximum Gasteiger partial charge on any atom is 0.433 e. The molecule has 0 amide bonds. The van der Waals surface area contributed by atoms with Crippen LogP contribution in [0.25, 0.3) is 0 Å². The van der Waals surface area contributed by atoms with E-state index in [1.165, 1.54) is 0 Å². The van der Waals surface area contributed by atoms with E-state index in [0.717, 1.165) is 37.5 Å². The number of nitrogens with one attached hydrogen (secondary N) is 1. The summed E-state index contributed by atoms with van der Waals surface area (Å²) in [6.07, 6.45) is -1.70. The molecule has 5 nitrogen and oxygen atoms in total. The van der Waals surface area contributed by atoms with Crippen molar-refractivity contribution in [2.75, 3.05) is 18.4 Å². The van der Waals surface area contributed by atoms with Gasteiger partial charge in [0.05, 0.1) is 6.54 Å². The molecule has 1 saturated heterocycles. The van der Waals surface area contributed by atoms with Gasteiger partial charge in [0.1, 0.15) is 23.6 Å². The van der Waals surface area contributed by atoms with Gasteiger partial charge in [-0.2, -0.15) is 13.2 Å². The lowest BCUT2D eigenvalue weighted by Crippen LogP contribution is -2.41. The van der Waals surface area contributed by atoms with Crippen LogP contribution < -0.4 is 5.32 Å². The highest BCUT2D eigenvalue weighted by Gasteiger charge is 2.33. The Labute approximate surface area is 145 Å². The summed E-state index contributed by atoms with van der Waals surface area (Å²) in [7, 11) is 0. The van der Waals surface area contributed by atoms with E-state index in [9.17, 15) is 13.2 Å². The lowest BCUT2D eigenvalue weighted by Gasteiger charge is -2.32. The molecule has 24 heavy (non-hydrogen) atoms. The normalized spacial score (nSPS) is 19.4. The van der Waals surface area contributed by atoms with Crippen molar-refractivity contribution in [2.45, 2.75) is 31.6 Å². The largest absolute Gasteiger partial charge is 0.453 e. The van der Waals surface area contributed by atoms with Crippen LogP contribution in [0.1, 0.15) is 24.3 Å². The maximum atomic E-state index is 12.7. The van der Waals surface area contributed by atoms with Crippen molar-refractivity contribution in [2.24, 2.45) is 0 Å². The van der Waals surface area contributed by atoms with Crippen molar-refractivity contribution in [1.82, 2.24) is 14.9 Å². The summed E-state index contributed by atoms with van der Waals surface area (Å²) in [5.41, 5.74) is -0.937. The molecular weight excluding hydrogens is 389 g/mol. The first-order valence-corrected chi connectivity index (χ1v) is 8.32. The van der Waals surface area contributed by atoms with Crippen LogP contribution in [0.4, 0.5) is 19.0 Å². The van der Waals surface area contributed by atoms with Gasteiger partial charge >= 0.3 is 6.18 Å². The minimum atomic E-state index is -4.47. The number of halogens is 4.